The average Bonchev–Trinajstić information content (AvgIpc) is 2.59. The molecule has 0 aliphatic carbocycles. The van der Waals surface area contributed by atoms with Gasteiger partial charge in [0.25, 0.3) is 0 Å². The molecule has 2 rings (SSSR count). The highest BCUT2D eigenvalue weighted by molar-refractivity contribution is 6.30. The summed E-state index contributed by atoms with van der Waals surface area (Å²) in [5, 5.41) is 0.726. The molecule has 3 nitrogen and oxygen atoms in total. The summed E-state index contributed by atoms with van der Waals surface area (Å²) >= 11 is 5.90. The Hall–Kier alpha value is -1.84. The molecule has 0 spiro atoms. The SMILES string of the molecule is CCC[C@H](OCc1ccc(-c2ccc(Cl)cc2)cc1)C(=O)OC. The lowest BCUT2D eigenvalue weighted by molar-refractivity contribution is -0.155. The Morgan fingerprint density at radius 2 is 1.61 bits per heavy atom. The molecule has 0 unspecified atom stereocenters. The van der Waals surface area contributed by atoms with Crippen LogP contribution >= 0.6 is 11.6 Å². The molecule has 0 N–H and O–H groups in total. The van der Waals surface area contributed by atoms with Crippen LogP contribution in [0.1, 0.15) is 25.3 Å². The van der Waals surface area contributed by atoms with Crippen LogP contribution in [0.3, 0.4) is 0 Å². The Labute approximate surface area is 142 Å². The number of ether oxygens (including phenoxy) is 2. The fraction of sp³-hybridized carbons (Fsp3) is 0.316. The molecule has 122 valence electrons. The van der Waals surface area contributed by atoms with Crippen molar-refractivity contribution in [3.8, 4) is 11.1 Å². The molecule has 0 saturated carbocycles. The number of rotatable bonds is 7. The lowest BCUT2D eigenvalue weighted by Gasteiger charge is -2.15. The summed E-state index contributed by atoms with van der Waals surface area (Å²) in [6.07, 6.45) is 1.03. The van der Waals surface area contributed by atoms with Crippen molar-refractivity contribution in [3.63, 3.8) is 0 Å². The molecule has 0 bridgehead atoms. The smallest absolute Gasteiger partial charge is 0.334 e. The van der Waals surface area contributed by atoms with E-state index >= 15 is 0 Å². The highest BCUT2D eigenvalue weighted by Crippen LogP contribution is 2.22. The van der Waals surface area contributed by atoms with E-state index in [0.29, 0.717) is 13.0 Å². The van der Waals surface area contributed by atoms with Crippen LogP contribution in [0.25, 0.3) is 11.1 Å². The standard InChI is InChI=1S/C19H21ClO3/c1-3-4-18(19(21)22-2)23-13-14-5-7-15(8-6-14)16-9-11-17(20)12-10-16/h5-12,18H,3-4,13H2,1-2H3/t18-/m0/s1. The number of benzene rings is 2. The van der Waals surface area contributed by atoms with Crippen LogP contribution < -0.4 is 0 Å². The summed E-state index contributed by atoms with van der Waals surface area (Å²) in [4.78, 5) is 11.6. The number of methoxy groups -OCH3 is 1. The second-order valence-corrected chi connectivity index (χ2v) is 5.75. The molecule has 1 atom stereocenters. The highest BCUT2D eigenvalue weighted by Gasteiger charge is 2.18. The summed E-state index contributed by atoms with van der Waals surface area (Å²) in [6, 6.07) is 15.8. The third-order valence-corrected chi connectivity index (χ3v) is 3.85. The minimum atomic E-state index is -0.499. The summed E-state index contributed by atoms with van der Waals surface area (Å²) < 4.78 is 10.5. The molecule has 0 aliphatic rings. The summed E-state index contributed by atoms with van der Waals surface area (Å²) in [5.74, 6) is -0.315. The van der Waals surface area contributed by atoms with E-state index in [1.807, 2.05) is 55.5 Å². The largest absolute Gasteiger partial charge is 0.467 e. The van der Waals surface area contributed by atoms with Gasteiger partial charge in [-0.15, -0.1) is 0 Å². The van der Waals surface area contributed by atoms with Gasteiger partial charge in [-0.2, -0.15) is 0 Å². The molecule has 0 heterocycles. The van der Waals surface area contributed by atoms with E-state index in [1.165, 1.54) is 7.11 Å². The van der Waals surface area contributed by atoms with Crippen molar-refractivity contribution in [2.45, 2.75) is 32.5 Å². The molecule has 2 aromatic rings. The third-order valence-electron chi connectivity index (χ3n) is 3.60. The van der Waals surface area contributed by atoms with Gasteiger partial charge in [0.2, 0.25) is 0 Å². The maximum absolute atomic E-state index is 11.6. The normalized spacial score (nSPS) is 12.0. The van der Waals surface area contributed by atoms with E-state index in [4.69, 9.17) is 21.1 Å². The molecule has 0 aromatic heterocycles. The van der Waals surface area contributed by atoms with Gasteiger partial charge in [0, 0.05) is 5.02 Å². The van der Waals surface area contributed by atoms with Crippen LogP contribution in [0.15, 0.2) is 48.5 Å². The van der Waals surface area contributed by atoms with Gasteiger partial charge in [0.05, 0.1) is 13.7 Å². The molecular weight excluding hydrogens is 312 g/mol. The van der Waals surface area contributed by atoms with Gasteiger partial charge in [-0.05, 0) is 35.2 Å². The maximum Gasteiger partial charge on any atom is 0.334 e. The van der Waals surface area contributed by atoms with E-state index in [-0.39, 0.29) is 5.97 Å². The van der Waals surface area contributed by atoms with Crippen LogP contribution in [-0.2, 0) is 20.9 Å². The topological polar surface area (TPSA) is 35.5 Å². The van der Waals surface area contributed by atoms with E-state index in [9.17, 15) is 4.79 Å². The van der Waals surface area contributed by atoms with Gasteiger partial charge in [-0.3, -0.25) is 0 Å². The Kier molecular flexibility index (Phi) is 6.63. The van der Waals surface area contributed by atoms with Crippen molar-refractivity contribution in [3.05, 3.63) is 59.1 Å². The first-order chi connectivity index (χ1) is 11.1. The van der Waals surface area contributed by atoms with Gasteiger partial charge >= 0.3 is 5.97 Å². The number of hydrogen-bond donors (Lipinski definition) is 0. The molecule has 23 heavy (non-hydrogen) atoms. The number of esters is 1. The van der Waals surface area contributed by atoms with E-state index < -0.39 is 6.10 Å². The Bertz CT molecular complexity index is 620. The Balaban J connectivity index is 1.99. The monoisotopic (exact) mass is 332 g/mol. The second kappa shape index (κ2) is 8.70. The van der Waals surface area contributed by atoms with Gasteiger partial charge in [-0.25, -0.2) is 4.79 Å². The molecule has 0 radical (unpaired) electrons. The summed E-state index contributed by atoms with van der Waals surface area (Å²) in [5.41, 5.74) is 3.25. The van der Waals surface area contributed by atoms with Crippen LogP contribution in [0.4, 0.5) is 0 Å². The van der Waals surface area contributed by atoms with Crippen molar-refractivity contribution >= 4 is 17.6 Å². The number of halogens is 1. The molecule has 2 aromatic carbocycles. The van der Waals surface area contributed by atoms with Gasteiger partial charge in [-0.1, -0.05) is 61.3 Å². The van der Waals surface area contributed by atoms with Crippen molar-refractivity contribution < 1.29 is 14.3 Å². The molecule has 0 aliphatic heterocycles. The van der Waals surface area contributed by atoms with Gasteiger partial charge in [0.15, 0.2) is 6.10 Å². The molecule has 0 fully saturated rings. The summed E-state index contributed by atoms with van der Waals surface area (Å²) in [7, 11) is 1.38. The van der Waals surface area contributed by atoms with Gasteiger partial charge < -0.3 is 9.47 Å². The Morgan fingerprint density at radius 3 is 2.13 bits per heavy atom. The summed E-state index contributed by atoms with van der Waals surface area (Å²) in [6.45, 7) is 2.40. The lowest BCUT2D eigenvalue weighted by Crippen LogP contribution is -2.25. The lowest BCUT2D eigenvalue weighted by atomic mass is 10.0. The fourth-order valence-corrected chi connectivity index (χ4v) is 2.42. The predicted octanol–water partition coefficient (Wildman–Crippen LogP) is 4.87. The average molecular weight is 333 g/mol. The van der Waals surface area contributed by atoms with E-state index in [1.54, 1.807) is 0 Å². The van der Waals surface area contributed by atoms with Crippen LogP contribution in [0, 0.1) is 0 Å². The first-order valence-corrected chi connectivity index (χ1v) is 8.06. The zero-order valence-electron chi connectivity index (χ0n) is 13.4. The van der Waals surface area contributed by atoms with Crippen molar-refractivity contribution in [1.29, 1.82) is 0 Å². The number of carbonyl (C=O) groups is 1. The van der Waals surface area contributed by atoms with E-state index in [0.717, 1.165) is 28.1 Å². The van der Waals surface area contributed by atoms with E-state index in [2.05, 4.69) is 0 Å². The van der Waals surface area contributed by atoms with Crippen LogP contribution in [0.2, 0.25) is 5.02 Å². The number of carbonyl (C=O) groups excluding carboxylic acids is 1. The molecular formula is C19H21ClO3. The third kappa shape index (κ3) is 5.08. The maximum atomic E-state index is 11.6. The predicted molar refractivity (Wildman–Crippen MR) is 92.4 cm³/mol. The molecule has 4 heteroatoms. The van der Waals surface area contributed by atoms with Crippen LogP contribution in [0.5, 0.6) is 0 Å². The van der Waals surface area contributed by atoms with Crippen molar-refractivity contribution in [1.82, 2.24) is 0 Å². The zero-order valence-corrected chi connectivity index (χ0v) is 14.2. The molecule has 0 saturated heterocycles. The van der Waals surface area contributed by atoms with Crippen molar-refractivity contribution in [2.75, 3.05) is 7.11 Å². The van der Waals surface area contributed by atoms with Gasteiger partial charge in [0.1, 0.15) is 0 Å². The minimum absolute atomic E-state index is 0.315. The first kappa shape index (κ1) is 17.5. The minimum Gasteiger partial charge on any atom is -0.467 e. The molecule has 0 amide bonds. The first-order valence-electron chi connectivity index (χ1n) is 7.68. The second-order valence-electron chi connectivity index (χ2n) is 5.32. The highest BCUT2D eigenvalue weighted by atomic mass is 35.5. The van der Waals surface area contributed by atoms with Crippen LogP contribution in [-0.4, -0.2) is 19.2 Å². The number of hydrogen-bond acceptors (Lipinski definition) is 3. The zero-order chi connectivity index (χ0) is 16.7. The quantitative estimate of drug-likeness (QED) is 0.679. The fourth-order valence-electron chi connectivity index (χ4n) is 2.30. The van der Waals surface area contributed by atoms with Crippen molar-refractivity contribution in [2.24, 2.45) is 0 Å². The Morgan fingerprint density at radius 1 is 1.04 bits per heavy atom.